The first kappa shape index (κ1) is 11.9. The molecule has 2 N–H and O–H groups in total. The normalized spacial score (nSPS) is 25.1. The monoisotopic (exact) mass is 214 g/mol. The van der Waals surface area contributed by atoms with Crippen molar-refractivity contribution in [2.75, 3.05) is 13.1 Å². The summed E-state index contributed by atoms with van der Waals surface area (Å²) in [6, 6.07) is 0.340. The third-order valence-corrected chi connectivity index (χ3v) is 3.44. The van der Waals surface area contributed by atoms with Crippen molar-refractivity contribution < 1.29 is 0 Å². The van der Waals surface area contributed by atoms with Gasteiger partial charge in [0.25, 0.3) is 0 Å². The van der Waals surface area contributed by atoms with Gasteiger partial charge in [-0.05, 0) is 31.7 Å². The van der Waals surface area contributed by atoms with Crippen molar-refractivity contribution in [3.63, 3.8) is 0 Å². The minimum atomic E-state index is 0.340. The fraction of sp³-hybridized carbons (Fsp3) is 0.909. The summed E-state index contributed by atoms with van der Waals surface area (Å²) < 4.78 is 0. The van der Waals surface area contributed by atoms with Gasteiger partial charge < -0.3 is 5.73 Å². The summed E-state index contributed by atoms with van der Waals surface area (Å²) in [4.78, 5) is 3.13. The van der Waals surface area contributed by atoms with E-state index in [9.17, 15) is 0 Å². The minimum Gasteiger partial charge on any atom is -0.392 e. The summed E-state index contributed by atoms with van der Waals surface area (Å²) in [5, 5.41) is 0. The van der Waals surface area contributed by atoms with E-state index in [0.717, 1.165) is 12.3 Å². The summed E-state index contributed by atoms with van der Waals surface area (Å²) >= 11 is 5.09. The predicted octanol–water partition coefficient (Wildman–Crippen LogP) is 2.17. The maximum Gasteiger partial charge on any atom is 0.0901 e. The lowest BCUT2D eigenvalue weighted by atomic mass is 10.0. The number of rotatable bonds is 5. The number of likely N-dealkylation sites (tertiary alicyclic amines) is 1. The van der Waals surface area contributed by atoms with Gasteiger partial charge in [-0.3, -0.25) is 4.90 Å². The molecule has 0 radical (unpaired) electrons. The summed E-state index contributed by atoms with van der Waals surface area (Å²) in [5.74, 6) is 0.878. The van der Waals surface area contributed by atoms with Crippen LogP contribution in [0.4, 0.5) is 0 Å². The lowest BCUT2D eigenvalue weighted by Crippen LogP contribution is -2.42. The van der Waals surface area contributed by atoms with Crippen LogP contribution in [0.2, 0.25) is 0 Å². The molecule has 0 aliphatic carbocycles. The van der Waals surface area contributed by atoms with Gasteiger partial charge in [0, 0.05) is 6.54 Å². The Morgan fingerprint density at radius 1 is 1.57 bits per heavy atom. The van der Waals surface area contributed by atoms with Crippen molar-refractivity contribution in [2.24, 2.45) is 11.7 Å². The van der Waals surface area contributed by atoms with Crippen LogP contribution in [0, 0.1) is 5.92 Å². The van der Waals surface area contributed by atoms with Crippen LogP contribution in [0.1, 0.15) is 39.5 Å². The van der Waals surface area contributed by atoms with Crippen molar-refractivity contribution in [1.82, 2.24) is 4.90 Å². The van der Waals surface area contributed by atoms with E-state index in [-0.39, 0.29) is 0 Å². The van der Waals surface area contributed by atoms with Crippen LogP contribution in [-0.4, -0.2) is 29.0 Å². The van der Waals surface area contributed by atoms with E-state index in [1.807, 2.05) is 0 Å². The third kappa shape index (κ3) is 2.92. The molecule has 0 amide bonds. The predicted molar refractivity (Wildman–Crippen MR) is 65.5 cm³/mol. The van der Waals surface area contributed by atoms with E-state index in [1.54, 1.807) is 0 Å². The molecule has 1 fully saturated rings. The molecule has 1 heterocycles. The van der Waals surface area contributed by atoms with E-state index < -0.39 is 0 Å². The van der Waals surface area contributed by atoms with Gasteiger partial charge in [-0.1, -0.05) is 32.5 Å². The van der Waals surface area contributed by atoms with Crippen molar-refractivity contribution >= 4 is 17.2 Å². The van der Waals surface area contributed by atoms with Crippen LogP contribution in [0.5, 0.6) is 0 Å². The average molecular weight is 214 g/mol. The van der Waals surface area contributed by atoms with Crippen molar-refractivity contribution in [2.45, 2.75) is 45.6 Å². The Morgan fingerprint density at radius 3 is 2.79 bits per heavy atom. The highest BCUT2D eigenvalue weighted by atomic mass is 32.1. The zero-order valence-electron chi connectivity index (χ0n) is 9.33. The molecular weight excluding hydrogens is 192 g/mol. The molecule has 1 saturated heterocycles. The molecule has 1 aliphatic heterocycles. The molecule has 2 unspecified atom stereocenters. The molecule has 0 spiro atoms. The molecule has 0 aromatic carbocycles. The number of nitrogens with zero attached hydrogens (tertiary/aromatic N) is 1. The lowest BCUT2D eigenvalue weighted by molar-refractivity contribution is 0.280. The van der Waals surface area contributed by atoms with E-state index in [1.165, 1.54) is 32.4 Å². The van der Waals surface area contributed by atoms with Crippen molar-refractivity contribution in [1.29, 1.82) is 0 Å². The van der Waals surface area contributed by atoms with E-state index in [2.05, 4.69) is 18.7 Å². The van der Waals surface area contributed by atoms with Gasteiger partial charge in [0.05, 0.1) is 11.0 Å². The summed E-state index contributed by atoms with van der Waals surface area (Å²) in [7, 11) is 0. The number of thiocarbonyl (C=S) groups is 1. The van der Waals surface area contributed by atoms with E-state index >= 15 is 0 Å². The molecule has 1 aliphatic rings. The molecule has 2 nitrogen and oxygen atoms in total. The maximum atomic E-state index is 5.74. The Morgan fingerprint density at radius 2 is 2.29 bits per heavy atom. The Bertz CT molecular complexity index is 194. The zero-order valence-corrected chi connectivity index (χ0v) is 10.1. The molecule has 0 aromatic heterocycles. The first-order valence-corrected chi connectivity index (χ1v) is 6.13. The van der Waals surface area contributed by atoms with Crippen LogP contribution in [0.3, 0.4) is 0 Å². The molecule has 3 heteroatoms. The molecule has 2 atom stereocenters. The molecular formula is C11H22N2S. The van der Waals surface area contributed by atoms with Crippen LogP contribution in [0.25, 0.3) is 0 Å². The first-order chi connectivity index (χ1) is 6.69. The standard InChI is InChI=1S/C11H22N2S/c1-3-5-9-6-7-13(8-9)10(4-2)11(12)14/h9-10H,3-8H2,1-2H3,(H2,12,14). The smallest absolute Gasteiger partial charge is 0.0901 e. The second kappa shape index (κ2) is 5.66. The van der Waals surface area contributed by atoms with Gasteiger partial charge in [-0.25, -0.2) is 0 Å². The van der Waals surface area contributed by atoms with Crippen molar-refractivity contribution in [3.05, 3.63) is 0 Å². The largest absolute Gasteiger partial charge is 0.392 e. The molecule has 0 saturated carbocycles. The Hall–Kier alpha value is -0.150. The first-order valence-electron chi connectivity index (χ1n) is 5.72. The molecule has 0 bridgehead atoms. The lowest BCUT2D eigenvalue weighted by Gasteiger charge is -2.25. The molecule has 0 aromatic rings. The third-order valence-electron chi connectivity index (χ3n) is 3.17. The average Bonchev–Trinajstić information content (AvgIpc) is 2.54. The molecule has 1 rings (SSSR count). The van der Waals surface area contributed by atoms with Gasteiger partial charge in [0.15, 0.2) is 0 Å². The van der Waals surface area contributed by atoms with Crippen LogP contribution >= 0.6 is 12.2 Å². The van der Waals surface area contributed by atoms with E-state index in [4.69, 9.17) is 18.0 Å². The topological polar surface area (TPSA) is 29.3 Å². The van der Waals surface area contributed by atoms with Crippen molar-refractivity contribution in [3.8, 4) is 0 Å². The van der Waals surface area contributed by atoms with Crippen LogP contribution in [0.15, 0.2) is 0 Å². The van der Waals surface area contributed by atoms with E-state index in [0.29, 0.717) is 11.0 Å². The van der Waals surface area contributed by atoms with Gasteiger partial charge in [-0.15, -0.1) is 0 Å². The second-order valence-corrected chi connectivity index (χ2v) is 4.74. The molecule has 82 valence electrons. The van der Waals surface area contributed by atoms with Gasteiger partial charge in [0.1, 0.15) is 0 Å². The number of hydrogen-bond donors (Lipinski definition) is 1. The second-order valence-electron chi connectivity index (χ2n) is 4.26. The van der Waals surface area contributed by atoms with Crippen LogP contribution < -0.4 is 5.73 Å². The van der Waals surface area contributed by atoms with Crippen LogP contribution in [-0.2, 0) is 0 Å². The SMILES string of the molecule is CCCC1CCN(C(CC)C(N)=S)C1. The highest BCUT2D eigenvalue weighted by molar-refractivity contribution is 7.80. The molecule has 14 heavy (non-hydrogen) atoms. The number of hydrogen-bond acceptors (Lipinski definition) is 2. The minimum absolute atomic E-state index is 0.340. The fourth-order valence-corrected chi connectivity index (χ4v) is 2.74. The highest BCUT2D eigenvalue weighted by Crippen LogP contribution is 2.23. The van der Waals surface area contributed by atoms with Gasteiger partial charge >= 0.3 is 0 Å². The Balaban J connectivity index is 2.43. The zero-order chi connectivity index (χ0) is 10.6. The fourth-order valence-electron chi connectivity index (χ4n) is 2.43. The maximum absolute atomic E-state index is 5.74. The highest BCUT2D eigenvalue weighted by Gasteiger charge is 2.27. The quantitative estimate of drug-likeness (QED) is 0.711. The number of nitrogens with two attached hydrogens (primary N) is 1. The Kier molecular flexibility index (Phi) is 4.82. The van der Waals surface area contributed by atoms with Gasteiger partial charge in [-0.2, -0.15) is 0 Å². The summed E-state index contributed by atoms with van der Waals surface area (Å²) in [5.41, 5.74) is 5.74. The summed E-state index contributed by atoms with van der Waals surface area (Å²) in [6.07, 6.45) is 5.02. The summed E-state index contributed by atoms with van der Waals surface area (Å²) in [6.45, 7) is 6.80. The Labute approximate surface area is 92.8 Å². The van der Waals surface area contributed by atoms with Gasteiger partial charge in [0.2, 0.25) is 0 Å².